The molecule has 0 bridgehead atoms. The maximum Gasteiger partial charge on any atom is 0.242 e. The first-order chi connectivity index (χ1) is 17.1. The summed E-state index contributed by atoms with van der Waals surface area (Å²) in [7, 11) is 0. The minimum Gasteiger partial charge on any atom is -0.336 e. The van der Waals surface area contributed by atoms with Crippen LogP contribution in [-0.4, -0.2) is 67.5 Å². The van der Waals surface area contributed by atoms with E-state index in [1.165, 1.54) is 11.1 Å². The topological polar surface area (TPSA) is 108 Å². The number of aromatic nitrogens is 4. The fourth-order valence-corrected chi connectivity index (χ4v) is 5.83. The zero-order chi connectivity index (χ0) is 23.9. The number of tetrazole rings is 1. The van der Waals surface area contributed by atoms with Gasteiger partial charge in [-0.25, -0.2) is 4.68 Å². The van der Waals surface area contributed by atoms with Gasteiger partial charge < -0.3 is 9.80 Å². The Labute approximate surface area is 202 Å². The largest absolute Gasteiger partial charge is 0.336 e. The molecule has 9 heteroatoms. The number of benzene rings is 2. The number of amides is 2. The van der Waals surface area contributed by atoms with E-state index in [0.29, 0.717) is 18.7 Å². The molecule has 2 aromatic carbocycles. The highest BCUT2D eigenvalue weighted by Gasteiger charge is 2.37. The molecule has 0 saturated carbocycles. The summed E-state index contributed by atoms with van der Waals surface area (Å²) in [6.45, 7) is 1.28. The van der Waals surface area contributed by atoms with Gasteiger partial charge in [-0.2, -0.15) is 5.26 Å². The Balaban J connectivity index is 1.12. The summed E-state index contributed by atoms with van der Waals surface area (Å²) < 4.78 is 1.61. The fourth-order valence-electron chi connectivity index (χ4n) is 5.83. The second-order valence-corrected chi connectivity index (χ2v) is 9.57. The molecule has 1 aromatic heterocycles. The lowest BCUT2D eigenvalue weighted by Gasteiger charge is -2.41. The number of nitriles is 1. The molecule has 2 unspecified atom stereocenters. The minimum atomic E-state index is -0.205. The lowest BCUT2D eigenvalue weighted by molar-refractivity contribution is -0.148. The number of nitrogens with zero attached hydrogens (tertiary/aromatic N) is 7. The Bertz CT molecular complexity index is 1340. The van der Waals surface area contributed by atoms with Crippen LogP contribution >= 0.6 is 0 Å². The van der Waals surface area contributed by atoms with Crippen LogP contribution in [0.15, 0.2) is 42.7 Å². The van der Waals surface area contributed by atoms with Crippen LogP contribution in [0.3, 0.4) is 0 Å². The Kier molecular flexibility index (Phi) is 5.29. The second kappa shape index (κ2) is 8.62. The normalized spacial score (nSPS) is 21.4. The Hall–Kier alpha value is -4.06. The predicted molar refractivity (Wildman–Crippen MR) is 125 cm³/mol. The third-order valence-electron chi connectivity index (χ3n) is 7.66. The highest BCUT2D eigenvalue weighted by atomic mass is 16.2. The Morgan fingerprint density at radius 3 is 2.71 bits per heavy atom. The van der Waals surface area contributed by atoms with E-state index in [1.54, 1.807) is 15.9 Å². The SMILES string of the molecule is N#Cc1ccc2c(c1)CCC(N1CCN(C(=O)C3CCc4cc(-n5cnnn5)ccc43)CC1=O)C2. The van der Waals surface area contributed by atoms with Crippen molar-refractivity contribution >= 4 is 11.8 Å². The molecule has 3 aliphatic rings. The molecule has 176 valence electrons. The average Bonchev–Trinajstić information content (AvgIpc) is 3.57. The van der Waals surface area contributed by atoms with Crippen LogP contribution in [0.1, 0.15) is 46.6 Å². The van der Waals surface area contributed by atoms with Gasteiger partial charge in [-0.3, -0.25) is 9.59 Å². The van der Waals surface area contributed by atoms with Crippen LogP contribution in [0.5, 0.6) is 0 Å². The molecule has 1 aliphatic heterocycles. The molecule has 35 heavy (non-hydrogen) atoms. The quantitative estimate of drug-likeness (QED) is 0.581. The molecule has 9 nitrogen and oxygen atoms in total. The summed E-state index contributed by atoms with van der Waals surface area (Å²) in [5.41, 5.74) is 6.18. The highest BCUT2D eigenvalue weighted by molar-refractivity contribution is 5.90. The summed E-state index contributed by atoms with van der Waals surface area (Å²) in [4.78, 5) is 30.2. The zero-order valence-corrected chi connectivity index (χ0v) is 19.3. The maximum atomic E-state index is 13.4. The van der Waals surface area contributed by atoms with Gasteiger partial charge in [-0.1, -0.05) is 12.1 Å². The number of carbonyl (C=O) groups excluding carboxylic acids is 2. The van der Waals surface area contributed by atoms with Crippen molar-refractivity contribution in [2.75, 3.05) is 19.6 Å². The van der Waals surface area contributed by atoms with Crippen LogP contribution in [0.2, 0.25) is 0 Å². The summed E-state index contributed by atoms with van der Waals surface area (Å²) in [5, 5.41) is 20.5. The molecule has 2 heterocycles. The lowest BCUT2D eigenvalue weighted by Crippen LogP contribution is -2.57. The summed E-state index contributed by atoms with van der Waals surface area (Å²) in [6, 6.07) is 14.2. The third-order valence-corrected chi connectivity index (χ3v) is 7.66. The molecule has 0 spiro atoms. The number of hydrogen-bond donors (Lipinski definition) is 0. The molecular formula is C26H25N7O2. The Morgan fingerprint density at radius 1 is 1.03 bits per heavy atom. The molecule has 0 radical (unpaired) electrons. The van der Waals surface area contributed by atoms with Crippen molar-refractivity contribution in [3.8, 4) is 11.8 Å². The van der Waals surface area contributed by atoms with Gasteiger partial charge in [0.25, 0.3) is 0 Å². The molecule has 6 rings (SSSR count). The summed E-state index contributed by atoms with van der Waals surface area (Å²) in [5.74, 6) is -0.132. The van der Waals surface area contributed by atoms with E-state index in [1.807, 2.05) is 41.3 Å². The third kappa shape index (κ3) is 3.85. The minimum absolute atomic E-state index is 0.0268. The van der Waals surface area contributed by atoms with E-state index in [0.717, 1.165) is 48.9 Å². The molecule has 3 aromatic rings. The number of rotatable bonds is 3. The zero-order valence-electron chi connectivity index (χ0n) is 19.3. The van der Waals surface area contributed by atoms with Gasteiger partial charge in [0.2, 0.25) is 11.8 Å². The van der Waals surface area contributed by atoms with Gasteiger partial charge >= 0.3 is 0 Å². The van der Waals surface area contributed by atoms with E-state index in [-0.39, 0.29) is 30.3 Å². The van der Waals surface area contributed by atoms with E-state index in [9.17, 15) is 9.59 Å². The smallest absolute Gasteiger partial charge is 0.242 e. The monoisotopic (exact) mass is 467 g/mol. The number of carbonyl (C=O) groups is 2. The van der Waals surface area contributed by atoms with E-state index >= 15 is 0 Å². The number of aryl methyl sites for hydroxylation is 2. The molecule has 0 N–H and O–H groups in total. The van der Waals surface area contributed by atoms with Gasteiger partial charge in [0.15, 0.2) is 0 Å². The Morgan fingerprint density at radius 2 is 1.91 bits per heavy atom. The number of piperazine rings is 1. The lowest BCUT2D eigenvalue weighted by atomic mass is 9.86. The van der Waals surface area contributed by atoms with Crippen molar-refractivity contribution in [3.63, 3.8) is 0 Å². The molecule has 1 fully saturated rings. The average molecular weight is 468 g/mol. The van der Waals surface area contributed by atoms with Gasteiger partial charge in [-0.05, 0) is 89.1 Å². The van der Waals surface area contributed by atoms with Crippen LogP contribution in [-0.2, 0) is 28.9 Å². The first-order valence-corrected chi connectivity index (χ1v) is 12.1. The standard InChI is InChI=1S/C26H25N7O2/c27-14-17-1-2-19-12-21(5-3-18(19)11-17)32-10-9-31(15-25(32)34)26(35)24-7-4-20-13-22(6-8-23(20)24)33-16-28-29-30-33/h1-2,6,8,11,13,16,21,24H,3-5,7,9-10,12,15H2. The maximum absolute atomic E-state index is 13.4. The van der Waals surface area contributed by atoms with Gasteiger partial charge in [0.05, 0.1) is 29.8 Å². The van der Waals surface area contributed by atoms with Crippen molar-refractivity contribution in [3.05, 3.63) is 70.5 Å². The van der Waals surface area contributed by atoms with Crippen molar-refractivity contribution in [2.45, 2.75) is 44.1 Å². The van der Waals surface area contributed by atoms with Crippen LogP contribution in [0.4, 0.5) is 0 Å². The fraction of sp³-hybridized carbons (Fsp3) is 0.385. The van der Waals surface area contributed by atoms with E-state index < -0.39 is 0 Å². The van der Waals surface area contributed by atoms with Crippen LogP contribution in [0, 0.1) is 11.3 Å². The van der Waals surface area contributed by atoms with Gasteiger partial charge in [0.1, 0.15) is 6.33 Å². The van der Waals surface area contributed by atoms with E-state index in [2.05, 4.69) is 21.6 Å². The first kappa shape index (κ1) is 21.5. The molecule has 2 aliphatic carbocycles. The molecule has 2 amide bonds. The molecular weight excluding hydrogens is 442 g/mol. The van der Waals surface area contributed by atoms with E-state index in [4.69, 9.17) is 5.26 Å². The van der Waals surface area contributed by atoms with Crippen molar-refractivity contribution in [1.82, 2.24) is 30.0 Å². The molecule has 1 saturated heterocycles. The van der Waals surface area contributed by atoms with Gasteiger partial charge in [0, 0.05) is 19.1 Å². The number of fused-ring (bicyclic) bond motifs is 2. The summed E-state index contributed by atoms with van der Waals surface area (Å²) in [6.07, 6.45) is 5.70. The van der Waals surface area contributed by atoms with Crippen LogP contribution in [0.25, 0.3) is 5.69 Å². The van der Waals surface area contributed by atoms with Crippen LogP contribution < -0.4 is 0 Å². The van der Waals surface area contributed by atoms with Gasteiger partial charge in [-0.15, -0.1) is 5.10 Å². The molecule has 2 atom stereocenters. The predicted octanol–water partition coefficient (Wildman–Crippen LogP) is 1.79. The van der Waals surface area contributed by atoms with Crippen molar-refractivity contribution in [2.24, 2.45) is 0 Å². The highest BCUT2D eigenvalue weighted by Crippen LogP contribution is 2.36. The van der Waals surface area contributed by atoms with Crippen molar-refractivity contribution < 1.29 is 9.59 Å². The second-order valence-electron chi connectivity index (χ2n) is 9.57. The first-order valence-electron chi connectivity index (χ1n) is 12.1. The van der Waals surface area contributed by atoms with Crippen molar-refractivity contribution in [1.29, 1.82) is 5.26 Å². The number of hydrogen-bond acceptors (Lipinski definition) is 6. The summed E-state index contributed by atoms with van der Waals surface area (Å²) >= 11 is 0.